The first kappa shape index (κ1) is 14.0. The maximum Gasteiger partial charge on any atom is 0.0699 e. The van der Waals surface area contributed by atoms with Crippen molar-refractivity contribution in [1.82, 2.24) is 5.32 Å². The van der Waals surface area contributed by atoms with Gasteiger partial charge in [-0.25, -0.2) is 0 Å². The molecule has 1 fully saturated rings. The average Bonchev–Trinajstić information content (AvgIpc) is 2.34. The highest BCUT2D eigenvalue weighted by Crippen LogP contribution is 2.24. The van der Waals surface area contributed by atoms with Crippen molar-refractivity contribution in [2.45, 2.75) is 71.4 Å². The van der Waals surface area contributed by atoms with Gasteiger partial charge in [0, 0.05) is 12.6 Å². The van der Waals surface area contributed by atoms with Gasteiger partial charge in [-0.05, 0) is 38.6 Å². The molecule has 0 aromatic heterocycles. The van der Waals surface area contributed by atoms with Crippen molar-refractivity contribution in [3.8, 4) is 0 Å². The first-order valence-corrected chi connectivity index (χ1v) is 7.12. The van der Waals surface area contributed by atoms with E-state index in [4.69, 9.17) is 4.74 Å². The molecule has 0 aromatic rings. The van der Waals surface area contributed by atoms with Crippen molar-refractivity contribution < 1.29 is 4.74 Å². The summed E-state index contributed by atoms with van der Waals surface area (Å²) in [7, 11) is 0. The maximum absolute atomic E-state index is 6.02. The Morgan fingerprint density at radius 2 is 1.88 bits per heavy atom. The lowest BCUT2D eigenvalue weighted by atomic mass is 9.90. The molecule has 1 rings (SSSR count). The number of rotatable bonds is 7. The Hall–Kier alpha value is -0.0800. The highest BCUT2D eigenvalue weighted by molar-refractivity contribution is 4.73. The summed E-state index contributed by atoms with van der Waals surface area (Å²) in [5, 5.41) is 3.49. The van der Waals surface area contributed by atoms with E-state index in [1.807, 2.05) is 0 Å². The lowest BCUT2D eigenvalue weighted by molar-refractivity contribution is 0.00950. The van der Waals surface area contributed by atoms with Gasteiger partial charge in [-0.3, -0.25) is 0 Å². The smallest absolute Gasteiger partial charge is 0.0699 e. The second-order valence-corrected chi connectivity index (χ2v) is 5.11. The molecule has 0 aliphatic heterocycles. The Balaban J connectivity index is 2.18. The fourth-order valence-electron chi connectivity index (χ4n) is 2.66. The summed E-state index contributed by atoms with van der Waals surface area (Å²) in [5.74, 6) is 0.829. The summed E-state index contributed by atoms with van der Waals surface area (Å²) in [6.07, 6.45) is 8.52. The molecule has 1 saturated carbocycles. The molecule has 1 aliphatic rings. The Kier molecular flexibility index (Phi) is 7.06. The minimum Gasteiger partial charge on any atom is -0.377 e. The van der Waals surface area contributed by atoms with E-state index in [0.29, 0.717) is 12.1 Å². The molecule has 0 heterocycles. The molecule has 0 aromatic carbocycles. The molecular formula is C14H29NO. The van der Waals surface area contributed by atoms with Crippen LogP contribution in [0.1, 0.15) is 59.3 Å². The van der Waals surface area contributed by atoms with Crippen molar-refractivity contribution in [2.24, 2.45) is 5.92 Å². The van der Waals surface area contributed by atoms with Crippen LogP contribution in [0.3, 0.4) is 0 Å². The van der Waals surface area contributed by atoms with Crippen molar-refractivity contribution in [1.29, 1.82) is 0 Å². The van der Waals surface area contributed by atoms with Gasteiger partial charge in [0.1, 0.15) is 0 Å². The molecule has 2 atom stereocenters. The minimum atomic E-state index is 0.354. The Morgan fingerprint density at radius 3 is 2.44 bits per heavy atom. The first-order valence-electron chi connectivity index (χ1n) is 7.12. The quantitative estimate of drug-likeness (QED) is 0.720. The van der Waals surface area contributed by atoms with Crippen LogP contribution >= 0.6 is 0 Å². The van der Waals surface area contributed by atoms with Gasteiger partial charge in [0.25, 0.3) is 0 Å². The number of likely N-dealkylation sites (N-methyl/N-ethyl adjacent to an activating group) is 1. The average molecular weight is 227 g/mol. The second-order valence-electron chi connectivity index (χ2n) is 5.11. The van der Waals surface area contributed by atoms with Crippen LogP contribution in [-0.2, 0) is 4.74 Å². The summed E-state index contributed by atoms with van der Waals surface area (Å²) in [6, 6.07) is 0.522. The lowest BCUT2D eigenvalue weighted by Crippen LogP contribution is -2.39. The monoisotopic (exact) mass is 227 g/mol. The molecule has 0 amide bonds. The first-order chi connectivity index (χ1) is 7.77. The Morgan fingerprint density at radius 1 is 1.19 bits per heavy atom. The number of hydrogen-bond donors (Lipinski definition) is 1. The van der Waals surface area contributed by atoms with Crippen LogP contribution in [0.5, 0.6) is 0 Å². The summed E-state index contributed by atoms with van der Waals surface area (Å²) in [6.45, 7) is 8.61. The van der Waals surface area contributed by atoms with Crippen molar-refractivity contribution >= 4 is 0 Å². The van der Waals surface area contributed by atoms with Gasteiger partial charge in [0.05, 0.1) is 6.10 Å². The van der Waals surface area contributed by atoms with E-state index in [2.05, 4.69) is 26.1 Å². The van der Waals surface area contributed by atoms with Gasteiger partial charge >= 0.3 is 0 Å². The zero-order valence-corrected chi connectivity index (χ0v) is 11.3. The van der Waals surface area contributed by atoms with Crippen LogP contribution in [0.2, 0.25) is 0 Å². The molecule has 0 bridgehead atoms. The summed E-state index contributed by atoms with van der Waals surface area (Å²) < 4.78 is 6.02. The number of nitrogens with one attached hydrogen (secondary N) is 1. The molecule has 0 saturated heterocycles. The molecule has 2 nitrogen and oxygen atoms in total. The predicted octanol–water partition coefficient (Wildman–Crippen LogP) is 3.36. The fraction of sp³-hybridized carbons (Fsp3) is 1.00. The van der Waals surface area contributed by atoms with Crippen molar-refractivity contribution in [3.63, 3.8) is 0 Å². The van der Waals surface area contributed by atoms with E-state index < -0.39 is 0 Å². The van der Waals surface area contributed by atoms with Gasteiger partial charge in [-0.15, -0.1) is 0 Å². The van der Waals surface area contributed by atoms with Crippen LogP contribution in [0.4, 0.5) is 0 Å². The van der Waals surface area contributed by atoms with Crippen LogP contribution in [0, 0.1) is 5.92 Å². The Bertz CT molecular complexity index is 166. The van der Waals surface area contributed by atoms with E-state index in [9.17, 15) is 0 Å². The Labute approximate surface area is 101 Å². The standard InChI is InChI=1S/C14H29NO/c1-4-14(15-5-2)12(3)16-11-13-9-7-6-8-10-13/h12-15H,4-11H2,1-3H3. The van der Waals surface area contributed by atoms with Gasteiger partial charge < -0.3 is 10.1 Å². The summed E-state index contributed by atoms with van der Waals surface area (Å²) in [4.78, 5) is 0. The van der Waals surface area contributed by atoms with E-state index in [1.165, 1.54) is 32.1 Å². The molecule has 0 spiro atoms. The third kappa shape index (κ3) is 4.84. The molecule has 0 radical (unpaired) electrons. The topological polar surface area (TPSA) is 21.3 Å². The van der Waals surface area contributed by atoms with Crippen LogP contribution in [0.15, 0.2) is 0 Å². The van der Waals surface area contributed by atoms with E-state index >= 15 is 0 Å². The highest BCUT2D eigenvalue weighted by atomic mass is 16.5. The number of hydrogen-bond acceptors (Lipinski definition) is 2. The van der Waals surface area contributed by atoms with Crippen molar-refractivity contribution in [3.05, 3.63) is 0 Å². The lowest BCUT2D eigenvalue weighted by Gasteiger charge is -2.27. The second kappa shape index (κ2) is 8.08. The van der Waals surface area contributed by atoms with E-state index in [-0.39, 0.29) is 0 Å². The van der Waals surface area contributed by atoms with E-state index in [1.54, 1.807) is 0 Å². The number of ether oxygens (including phenoxy) is 1. The summed E-state index contributed by atoms with van der Waals surface area (Å²) >= 11 is 0. The molecule has 2 heteroatoms. The third-order valence-electron chi connectivity index (χ3n) is 3.79. The van der Waals surface area contributed by atoms with Crippen LogP contribution in [0.25, 0.3) is 0 Å². The largest absolute Gasteiger partial charge is 0.377 e. The minimum absolute atomic E-state index is 0.354. The predicted molar refractivity (Wildman–Crippen MR) is 69.7 cm³/mol. The van der Waals surface area contributed by atoms with Gasteiger partial charge in [-0.2, -0.15) is 0 Å². The highest BCUT2D eigenvalue weighted by Gasteiger charge is 2.18. The molecule has 16 heavy (non-hydrogen) atoms. The maximum atomic E-state index is 6.02. The third-order valence-corrected chi connectivity index (χ3v) is 3.79. The van der Waals surface area contributed by atoms with Crippen LogP contribution < -0.4 is 5.32 Å². The van der Waals surface area contributed by atoms with Gasteiger partial charge in [-0.1, -0.05) is 33.1 Å². The molecule has 96 valence electrons. The van der Waals surface area contributed by atoms with E-state index in [0.717, 1.165) is 25.5 Å². The van der Waals surface area contributed by atoms with Gasteiger partial charge in [0.15, 0.2) is 0 Å². The van der Waals surface area contributed by atoms with Crippen molar-refractivity contribution in [2.75, 3.05) is 13.2 Å². The molecule has 2 unspecified atom stereocenters. The zero-order chi connectivity index (χ0) is 11.8. The molecule has 1 aliphatic carbocycles. The zero-order valence-electron chi connectivity index (χ0n) is 11.3. The fourth-order valence-corrected chi connectivity index (χ4v) is 2.66. The molecule has 1 N–H and O–H groups in total. The summed E-state index contributed by atoms with van der Waals surface area (Å²) in [5.41, 5.74) is 0. The molecular weight excluding hydrogens is 198 g/mol. The van der Waals surface area contributed by atoms with Gasteiger partial charge in [0.2, 0.25) is 0 Å². The van der Waals surface area contributed by atoms with Crippen LogP contribution in [-0.4, -0.2) is 25.3 Å². The normalized spacial score (nSPS) is 21.9. The SMILES string of the molecule is CCNC(CC)C(C)OCC1CCCCC1.